The van der Waals surface area contributed by atoms with Gasteiger partial charge in [-0.25, -0.2) is 0 Å². The molecule has 136 valence electrons. The van der Waals surface area contributed by atoms with Crippen molar-refractivity contribution in [3.63, 3.8) is 0 Å². The molecule has 4 rings (SSSR count). The molecular formula is C19H15BrN4O2S. The highest BCUT2D eigenvalue weighted by Gasteiger charge is 2.16. The van der Waals surface area contributed by atoms with Gasteiger partial charge in [0.2, 0.25) is 5.91 Å². The molecular weight excluding hydrogens is 428 g/mol. The van der Waals surface area contributed by atoms with Crippen molar-refractivity contribution < 1.29 is 9.21 Å². The number of rotatable bonds is 5. The van der Waals surface area contributed by atoms with Crippen molar-refractivity contribution in [3.8, 4) is 11.6 Å². The Kier molecular flexibility index (Phi) is 5.00. The number of nitrogens with zero attached hydrogens (tertiary/aromatic N) is 3. The summed E-state index contributed by atoms with van der Waals surface area (Å²) in [6.45, 7) is 0. The lowest BCUT2D eigenvalue weighted by molar-refractivity contribution is -0.113. The first-order valence-electron chi connectivity index (χ1n) is 8.17. The predicted molar refractivity (Wildman–Crippen MR) is 110 cm³/mol. The Morgan fingerprint density at radius 1 is 1.19 bits per heavy atom. The zero-order chi connectivity index (χ0) is 18.8. The summed E-state index contributed by atoms with van der Waals surface area (Å²) in [5.74, 6) is 1.41. The van der Waals surface area contributed by atoms with Gasteiger partial charge in [-0.15, -0.1) is 10.2 Å². The molecule has 0 saturated carbocycles. The Bertz CT molecular complexity index is 1070. The van der Waals surface area contributed by atoms with E-state index in [4.69, 9.17) is 4.42 Å². The summed E-state index contributed by atoms with van der Waals surface area (Å²) in [5.41, 5.74) is 1.56. The summed E-state index contributed by atoms with van der Waals surface area (Å²) in [7, 11) is 1.86. The van der Waals surface area contributed by atoms with Gasteiger partial charge in [0.15, 0.2) is 16.7 Å². The number of hydrogen-bond donors (Lipinski definition) is 1. The Labute approximate surface area is 168 Å². The number of amides is 1. The number of halogens is 1. The first-order valence-corrected chi connectivity index (χ1v) is 9.94. The summed E-state index contributed by atoms with van der Waals surface area (Å²) >= 11 is 4.70. The van der Waals surface area contributed by atoms with Gasteiger partial charge < -0.3 is 14.3 Å². The van der Waals surface area contributed by atoms with E-state index in [1.807, 2.05) is 66.2 Å². The van der Waals surface area contributed by atoms with E-state index in [2.05, 4.69) is 31.4 Å². The lowest BCUT2D eigenvalue weighted by atomic mass is 10.2. The van der Waals surface area contributed by atoms with Crippen LogP contribution in [0.15, 0.2) is 68.6 Å². The molecule has 1 N–H and O–H groups in total. The van der Waals surface area contributed by atoms with E-state index in [0.717, 1.165) is 21.1 Å². The molecule has 0 aliphatic carbocycles. The fourth-order valence-corrected chi connectivity index (χ4v) is 3.58. The molecule has 0 spiro atoms. The molecule has 0 aliphatic heterocycles. The summed E-state index contributed by atoms with van der Waals surface area (Å²) in [6.07, 6.45) is 0. The van der Waals surface area contributed by atoms with Crippen LogP contribution in [0.1, 0.15) is 0 Å². The number of thioether (sulfide) groups is 1. The number of carbonyl (C=O) groups is 1. The number of aromatic nitrogens is 3. The summed E-state index contributed by atoms with van der Waals surface area (Å²) in [6, 6.07) is 17.2. The van der Waals surface area contributed by atoms with Gasteiger partial charge in [-0.05, 0) is 36.4 Å². The minimum Gasteiger partial charge on any atom is -0.453 e. The molecule has 27 heavy (non-hydrogen) atoms. The largest absolute Gasteiger partial charge is 0.453 e. The fraction of sp³-hybridized carbons (Fsp3) is 0.105. The van der Waals surface area contributed by atoms with Crippen LogP contribution in [0.25, 0.3) is 22.6 Å². The molecule has 0 bridgehead atoms. The molecule has 2 aromatic heterocycles. The molecule has 0 aliphatic rings. The van der Waals surface area contributed by atoms with Crippen LogP contribution in [0.2, 0.25) is 0 Å². The molecule has 0 fully saturated rings. The summed E-state index contributed by atoms with van der Waals surface area (Å²) in [4.78, 5) is 12.2. The monoisotopic (exact) mass is 442 g/mol. The molecule has 1 amide bonds. The van der Waals surface area contributed by atoms with Gasteiger partial charge in [-0.3, -0.25) is 4.79 Å². The van der Waals surface area contributed by atoms with Crippen LogP contribution in [-0.4, -0.2) is 26.4 Å². The SMILES string of the molecule is Cn1c(SCC(=O)Nc2ccc(Br)cc2)nnc1-c1cc2ccccc2o1. The molecule has 0 atom stereocenters. The highest BCUT2D eigenvalue weighted by molar-refractivity contribution is 9.10. The van der Waals surface area contributed by atoms with E-state index in [0.29, 0.717) is 16.7 Å². The summed E-state index contributed by atoms with van der Waals surface area (Å²) < 4.78 is 8.64. The van der Waals surface area contributed by atoms with E-state index in [9.17, 15) is 4.79 Å². The number of anilines is 1. The molecule has 4 aromatic rings. The van der Waals surface area contributed by atoms with Crippen LogP contribution in [0, 0.1) is 0 Å². The van der Waals surface area contributed by atoms with Crippen molar-refractivity contribution in [2.45, 2.75) is 5.16 Å². The van der Waals surface area contributed by atoms with Crippen molar-refractivity contribution in [2.75, 3.05) is 11.1 Å². The van der Waals surface area contributed by atoms with Crippen LogP contribution >= 0.6 is 27.7 Å². The Morgan fingerprint density at radius 2 is 1.96 bits per heavy atom. The van der Waals surface area contributed by atoms with Gasteiger partial charge in [0, 0.05) is 22.6 Å². The average Bonchev–Trinajstić information content (AvgIpc) is 3.25. The Morgan fingerprint density at radius 3 is 2.74 bits per heavy atom. The molecule has 0 saturated heterocycles. The number of carbonyl (C=O) groups excluding carboxylic acids is 1. The first-order chi connectivity index (χ1) is 13.1. The third-order valence-electron chi connectivity index (χ3n) is 3.94. The first kappa shape index (κ1) is 17.8. The van der Waals surface area contributed by atoms with Crippen LogP contribution in [0.5, 0.6) is 0 Å². The van der Waals surface area contributed by atoms with E-state index in [1.54, 1.807) is 0 Å². The van der Waals surface area contributed by atoms with Crippen molar-refractivity contribution in [1.82, 2.24) is 14.8 Å². The topological polar surface area (TPSA) is 73.0 Å². The van der Waals surface area contributed by atoms with Gasteiger partial charge in [0.05, 0.1) is 5.75 Å². The van der Waals surface area contributed by atoms with Crippen molar-refractivity contribution >= 4 is 50.3 Å². The lowest BCUT2D eigenvalue weighted by Gasteiger charge is -2.05. The number of hydrogen-bond acceptors (Lipinski definition) is 5. The number of furan rings is 1. The number of fused-ring (bicyclic) bond motifs is 1. The molecule has 6 nitrogen and oxygen atoms in total. The molecule has 2 aromatic carbocycles. The van der Waals surface area contributed by atoms with E-state index < -0.39 is 0 Å². The third kappa shape index (κ3) is 3.91. The maximum atomic E-state index is 12.2. The summed E-state index contributed by atoms with van der Waals surface area (Å²) in [5, 5.41) is 12.9. The predicted octanol–water partition coefficient (Wildman–Crippen LogP) is 4.72. The quantitative estimate of drug-likeness (QED) is 0.452. The maximum absolute atomic E-state index is 12.2. The molecule has 8 heteroatoms. The van der Waals surface area contributed by atoms with E-state index >= 15 is 0 Å². The Balaban J connectivity index is 1.44. The zero-order valence-corrected chi connectivity index (χ0v) is 16.8. The lowest BCUT2D eigenvalue weighted by Crippen LogP contribution is -2.14. The normalized spacial score (nSPS) is 11.0. The van der Waals surface area contributed by atoms with Crippen molar-refractivity contribution in [2.24, 2.45) is 7.05 Å². The number of benzene rings is 2. The van der Waals surface area contributed by atoms with Crippen LogP contribution < -0.4 is 5.32 Å². The van der Waals surface area contributed by atoms with Crippen LogP contribution in [0.4, 0.5) is 5.69 Å². The average molecular weight is 443 g/mol. The number of nitrogens with one attached hydrogen (secondary N) is 1. The number of para-hydroxylation sites is 1. The standard InChI is InChI=1S/C19H15BrN4O2S/c1-24-18(16-10-12-4-2-3-5-15(12)26-16)22-23-19(24)27-11-17(25)21-14-8-6-13(20)7-9-14/h2-10H,11H2,1H3,(H,21,25). The van der Waals surface area contributed by atoms with Gasteiger partial charge in [-0.2, -0.15) is 0 Å². The van der Waals surface area contributed by atoms with Gasteiger partial charge in [-0.1, -0.05) is 45.9 Å². The Hall–Kier alpha value is -2.58. The van der Waals surface area contributed by atoms with E-state index in [-0.39, 0.29) is 11.7 Å². The van der Waals surface area contributed by atoms with Crippen LogP contribution in [0.3, 0.4) is 0 Å². The van der Waals surface area contributed by atoms with Gasteiger partial charge in [0.1, 0.15) is 5.58 Å². The van der Waals surface area contributed by atoms with Crippen molar-refractivity contribution in [1.29, 1.82) is 0 Å². The second-order valence-corrected chi connectivity index (χ2v) is 7.72. The molecule has 0 radical (unpaired) electrons. The second-order valence-electron chi connectivity index (χ2n) is 5.86. The highest BCUT2D eigenvalue weighted by Crippen LogP contribution is 2.28. The fourth-order valence-electron chi connectivity index (χ4n) is 2.61. The highest BCUT2D eigenvalue weighted by atomic mass is 79.9. The van der Waals surface area contributed by atoms with Crippen molar-refractivity contribution in [3.05, 3.63) is 59.1 Å². The van der Waals surface area contributed by atoms with E-state index in [1.165, 1.54) is 11.8 Å². The minimum absolute atomic E-state index is 0.101. The van der Waals surface area contributed by atoms with Crippen LogP contribution in [-0.2, 0) is 11.8 Å². The third-order valence-corrected chi connectivity index (χ3v) is 5.49. The zero-order valence-electron chi connectivity index (χ0n) is 14.3. The minimum atomic E-state index is -0.101. The van der Waals surface area contributed by atoms with Gasteiger partial charge >= 0.3 is 0 Å². The smallest absolute Gasteiger partial charge is 0.234 e. The van der Waals surface area contributed by atoms with Gasteiger partial charge in [0.25, 0.3) is 0 Å². The maximum Gasteiger partial charge on any atom is 0.234 e. The molecule has 0 unspecified atom stereocenters. The molecule has 2 heterocycles. The second kappa shape index (κ2) is 7.58.